The van der Waals surface area contributed by atoms with Crippen molar-refractivity contribution in [2.75, 3.05) is 23.7 Å². The van der Waals surface area contributed by atoms with Gasteiger partial charge in [0, 0.05) is 35.6 Å². The fraction of sp³-hybridized carbons (Fsp3) is 0.286. The molecule has 0 aromatic heterocycles. The Labute approximate surface area is 213 Å². The molecule has 0 aliphatic heterocycles. The number of anilines is 2. The molecule has 0 bridgehead atoms. The third kappa shape index (κ3) is 7.26. The third-order valence-corrected chi connectivity index (χ3v) is 7.15. The van der Waals surface area contributed by atoms with Crippen LogP contribution < -0.4 is 10.6 Å². The normalized spacial score (nSPS) is 11.6. The minimum absolute atomic E-state index is 0.187. The summed E-state index contributed by atoms with van der Waals surface area (Å²) in [6.45, 7) is 8.84. The number of sulfonamides is 1. The highest BCUT2D eigenvalue weighted by Crippen LogP contribution is 2.22. The molecular weight excluding hydrogens is 474 g/mol. The molecule has 3 rings (SSSR count). The highest BCUT2D eigenvalue weighted by molar-refractivity contribution is 7.89. The third-order valence-electron chi connectivity index (χ3n) is 5.31. The number of benzene rings is 3. The van der Waals surface area contributed by atoms with Gasteiger partial charge in [-0.05, 0) is 66.4 Å². The number of carbonyl (C=O) groups excluding carboxylic acids is 2. The average Bonchev–Trinajstić information content (AvgIpc) is 2.84. The summed E-state index contributed by atoms with van der Waals surface area (Å²) in [5.74, 6) is -0.243. The Balaban J connectivity index is 1.70. The first-order valence-electron chi connectivity index (χ1n) is 11.9. The summed E-state index contributed by atoms with van der Waals surface area (Å²) < 4.78 is 27.9. The first-order valence-corrected chi connectivity index (χ1v) is 13.4. The minimum atomic E-state index is -3.65. The minimum Gasteiger partial charge on any atom is -0.322 e. The second-order valence-corrected chi connectivity index (χ2v) is 11.4. The molecule has 2 amide bonds. The lowest BCUT2D eigenvalue weighted by Crippen LogP contribution is -2.37. The molecule has 2 N–H and O–H groups in total. The molecule has 0 aliphatic rings. The first kappa shape index (κ1) is 27.1. The highest BCUT2D eigenvalue weighted by atomic mass is 32.2. The maximum absolute atomic E-state index is 13.2. The van der Waals surface area contributed by atoms with Crippen LogP contribution in [-0.2, 0) is 10.0 Å². The van der Waals surface area contributed by atoms with E-state index in [0.29, 0.717) is 35.6 Å². The van der Waals surface area contributed by atoms with Crippen molar-refractivity contribution in [3.8, 4) is 0 Å². The Hall–Kier alpha value is -3.49. The number of carbonyl (C=O) groups is 2. The Morgan fingerprint density at radius 1 is 0.694 bits per heavy atom. The number of nitrogens with zero attached hydrogens (tertiary/aromatic N) is 1. The van der Waals surface area contributed by atoms with Gasteiger partial charge in [-0.3, -0.25) is 9.59 Å². The van der Waals surface area contributed by atoms with Crippen molar-refractivity contribution < 1.29 is 18.0 Å². The molecule has 0 radical (unpaired) electrons. The van der Waals surface area contributed by atoms with Gasteiger partial charge in [-0.2, -0.15) is 4.31 Å². The van der Waals surface area contributed by atoms with Crippen molar-refractivity contribution in [1.82, 2.24) is 4.31 Å². The van der Waals surface area contributed by atoms with E-state index in [0.717, 1.165) is 0 Å². The number of rotatable bonds is 10. The van der Waals surface area contributed by atoms with Crippen LogP contribution >= 0.6 is 0 Å². The van der Waals surface area contributed by atoms with E-state index in [1.54, 1.807) is 60.7 Å². The Morgan fingerprint density at radius 3 is 1.81 bits per heavy atom. The van der Waals surface area contributed by atoms with Crippen LogP contribution in [0.4, 0.5) is 11.4 Å². The van der Waals surface area contributed by atoms with E-state index < -0.39 is 10.0 Å². The number of amides is 2. The standard InChI is InChI=1S/C28H33N3O4S/c1-20(2)18-31(19-21(3)4)36(34,35)26-15-13-24(14-16-26)29-28(33)23-11-8-12-25(17-23)30-27(32)22-9-6-5-7-10-22/h5-17,20-21H,18-19H2,1-4H3,(H,29,33)(H,30,32). The fourth-order valence-electron chi connectivity index (χ4n) is 3.68. The molecule has 0 aliphatic carbocycles. The molecule has 0 saturated heterocycles. The van der Waals surface area contributed by atoms with Gasteiger partial charge in [-0.15, -0.1) is 0 Å². The molecule has 0 atom stereocenters. The second-order valence-electron chi connectivity index (χ2n) is 9.49. The largest absolute Gasteiger partial charge is 0.322 e. The Bertz CT molecular complexity index is 1280. The van der Waals surface area contributed by atoms with E-state index in [2.05, 4.69) is 10.6 Å². The number of hydrogen-bond acceptors (Lipinski definition) is 4. The molecule has 0 unspecified atom stereocenters. The molecule has 0 fully saturated rings. The zero-order valence-corrected chi connectivity index (χ0v) is 21.9. The van der Waals surface area contributed by atoms with Crippen LogP contribution in [0.3, 0.4) is 0 Å². The summed E-state index contributed by atoms with van der Waals surface area (Å²) in [5, 5.41) is 5.57. The predicted molar refractivity (Wildman–Crippen MR) is 144 cm³/mol. The lowest BCUT2D eigenvalue weighted by atomic mass is 10.1. The van der Waals surface area contributed by atoms with Crippen molar-refractivity contribution in [2.45, 2.75) is 32.6 Å². The van der Waals surface area contributed by atoms with E-state index in [1.807, 2.05) is 33.8 Å². The fourth-order valence-corrected chi connectivity index (χ4v) is 5.45. The summed E-state index contributed by atoms with van der Waals surface area (Å²) in [5.41, 5.74) is 1.84. The first-order chi connectivity index (χ1) is 17.1. The van der Waals surface area contributed by atoms with Gasteiger partial charge in [0.05, 0.1) is 4.90 Å². The van der Waals surface area contributed by atoms with Crippen LogP contribution in [0.1, 0.15) is 48.4 Å². The smallest absolute Gasteiger partial charge is 0.255 e. The Kier molecular flexibility index (Phi) is 9.01. The van der Waals surface area contributed by atoms with Gasteiger partial charge in [0.25, 0.3) is 11.8 Å². The molecule has 3 aromatic carbocycles. The molecule has 0 saturated carbocycles. The van der Waals surface area contributed by atoms with Crippen molar-refractivity contribution in [1.29, 1.82) is 0 Å². The van der Waals surface area contributed by atoms with Crippen LogP contribution in [-0.4, -0.2) is 37.6 Å². The van der Waals surface area contributed by atoms with Gasteiger partial charge in [0.15, 0.2) is 0 Å². The monoisotopic (exact) mass is 507 g/mol. The summed E-state index contributed by atoms with van der Waals surface area (Å²) in [6, 6.07) is 21.6. The van der Waals surface area contributed by atoms with E-state index in [4.69, 9.17) is 0 Å². The average molecular weight is 508 g/mol. The van der Waals surface area contributed by atoms with Crippen molar-refractivity contribution in [3.05, 3.63) is 90.0 Å². The van der Waals surface area contributed by atoms with Gasteiger partial charge in [-0.1, -0.05) is 52.0 Å². The maximum Gasteiger partial charge on any atom is 0.255 e. The molecule has 3 aromatic rings. The van der Waals surface area contributed by atoms with Gasteiger partial charge in [-0.25, -0.2) is 8.42 Å². The quantitative estimate of drug-likeness (QED) is 0.379. The van der Waals surface area contributed by atoms with Gasteiger partial charge in [0.2, 0.25) is 10.0 Å². The lowest BCUT2D eigenvalue weighted by Gasteiger charge is -2.25. The van der Waals surface area contributed by atoms with E-state index in [1.165, 1.54) is 16.4 Å². The highest BCUT2D eigenvalue weighted by Gasteiger charge is 2.26. The summed E-state index contributed by atoms with van der Waals surface area (Å²) in [7, 11) is -3.65. The maximum atomic E-state index is 13.2. The van der Waals surface area contributed by atoms with Crippen molar-refractivity contribution in [2.24, 2.45) is 11.8 Å². The van der Waals surface area contributed by atoms with Crippen LogP contribution in [0.2, 0.25) is 0 Å². The van der Waals surface area contributed by atoms with E-state index in [9.17, 15) is 18.0 Å². The zero-order chi connectivity index (χ0) is 26.3. The summed E-state index contributed by atoms with van der Waals surface area (Å²) in [4.78, 5) is 25.4. The molecule has 36 heavy (non-hydrogen) atoms. The molecule has 190 valence electrons. The molecule has 7 nitrogen and oxygen atoms in total. The van der Waals surface area contributed by atoms with Crippen molar-refractivity contribution in [3.63, 3.8) is 0 Å². The van der Waals surface area contributed by atoms with Crippen LogP contribution in [0, 0.1) is 11.8 Å². The Morgan fingerprint density at radius 2 is 1.22 bits per heavy atom. The number of nitrogens with one attached hydrogen (secondary N) is 2. The van der Waals surface area contributed by atoms with Gasteiger partial charge >= 0.3 is 0 Å². The molecule has 0 heterocycles. The molecule has 8 heteroatoms. The van der Waals surface area contributed by atoms with E-state index in [-0.39, 0.29) is 28.5 Å². The van der Waals surface area contributed by atoms with Crippen LogP contribution in [0.25, 0.3) is 0 Å². The topological polar surface area (TPSA) is 95.6 Å². The predicted octanol–water partition coefficient (Wildman–Crippen LogP) is 5.49. The lowest BCUT2D eigenvalue weighted by molar-refractivity contribution is 0.101. The second kappa shape index (κ2) is 12.0. The van der Waals surface area contributed by atoms with Gasteiger partial charge < -0.3 is 10.6 Å². The van der Waals surface area contributed by atoms with Crippen LogP contribution in [0.5, 0.6) is 0 Å². The van der Waals surface area contributed by atoms with Crippen molar-refractivity contribution >= 4 is 33.2 Å². The van der Waals surface area contributed by atoms with Crippen LogP contribution in [0.15, 0.2) is 83.8 Å². The summed E-state index contributed by atoms with van der Waals surface area (Å²) in [6.07, 6.45) is 0. The summed E-state index contributed by atoms with van der Waals surface area (Å²) >= 11 is 0. The molecule has 0 spiro atoms. The zero-order valence-electron chi connectivity index (χ0n) is 21.1. The SMILES string of the molecule is CC(C)CN(CC(C)C)S(=O)(=O)c1ccc(NC(=O)c2cccc(NC(=O)c3ccccc3)c2)cc1. The number of hydrogen-bond donors (Lipinski definition) is 2. The molecular formula is C28H33N3O4S. The van der Waals surface area contributed by atoms with E-state index >= 15 is 0 Å². The van der Waals surface area contributed by atoms with Gasteiger partial charge in [0.1, 0.15) is 0 Å².